The van der Waals surface area contributed by atoms with Gasteiger partial charge in [0.25, 0.3) is 0 Å². The SMILES string of the molecule is CNC(C)CC(C)N(C)C1CCC1. The van der Waals surface area contributed by atoms with Crippen LogP contribution in [0.5, 0.6) is 0 Å². The van der Waals surface area contributed by atoms with Gasteiger partial charge in [-0.3, -0.25) is 0 Å². The van der Waals surface area contributed by atoms with Crippen LogP contribution in [-0.4, -0.2) is 37.1 Å². The first kappa shape index (κ1) is 11.0. The van der Waals surface area contributed by atoms with Gasteiger partial charge in [-0.2, -0.15) is 0 Å². The van der Waals surface area contributed by atoms with Crippen molar-refractivity contribution in [3.8, 4) is 0 Å². The van der Waals surface area contributed by atoms with Crippen molar-refractivity contribution in [2.24, 2.45) is 0 Å². The van der Waals surface area contributed by atoms with Crippen LogP contribution in [-0.2, 0) is 0 Å². The zero-order valence-electron chi connectivity index (χ0n) is 9.51. The smallest absolute Gasteiger partial charge is 0.00950 e. The molecule has 0 bridgehead atoms. The van der Waals surface area contributed by atoms with Gasteiger partial charge < -0.3 is 10.2 Å². The monoisotopic (exact) mass is 184 g/mol. The first-order valence-corrected chi connectivity index (χ1v) is 5.54. The molecule has 1 rings (SSSR count). The second-order valence-electron chi connectivity index (χ2n) is 4.52. The Bertz CT molecular complexity index is 143. The van der Waals surface area contributed by atoms with Gasteiger partial charge in [-0.05, 0) is 47.2 Å². The van der Waals surface area contributed by atoms with Gasteiger partial charge in [0.05, 0.1) is 0 Å². The lowest BCUT2D eigenvalue weighted by Crippen LogP contribution is -2.44. The molecule has 2 heteroatoms. The zero-order valence-corrected chi connectivity index (χ0v) is 9.51. The molecule has 0 saturated heterocycles. The molecule has 0 aromatic heterocycles. The second-order valence-corrected chi connectivity index (χ2v) is 4.52. The molecule has 1 saturated carbocycles. The van der Waals surface area contributed by atoms with E-state index in [1.807, 2.05) is 7.05 Å². The third-order valence-corrected chi connectivity index (χ3v) is 3.53. The summed E-state index contributed by atoms with van der Waals surface area (Å²) in [5.41, 5.74) is 0. The molecule has 2 atom stereocenters. The lowest BCUT2D eigenvalue weighted by Gasteiger charge is -2.39. The third-order valence-electron chi connectivity index (χ3n) is 3.53. The van der Waals surface area contributed by atoms with Crippen molar-refractivity contribution < 1.29 is 0 Å². The Morgan fingerprint density at radius 1 is 1.38 bits per heavy atom. The van der Waals surface area contributed by atoms with Crippen molar-refractivity contribution in [3.63, 3.8) is 0 Å². The molecule has 2 unspecified atom stereocenters. The van der Waals surface area contributed by atoms with Gasteiger partial charge in [-0.1, -0.05) is 6.42 Å². The Balaban J connectivity index is 2.24. The van der Waals surface area contributed by atoms with Crippen LogP contribution in [0.3, 0.4) is 0 Å². The van der Waals surface area contributed by atoms with Gasteiger partial charge in [0.2, 0.25) is 0 Å². The van der Waals surface area contributed by atoms with E-state index < -0.39 is 0 Å². The fourth-order valence-electron chi connectivity index (χ4n) is 1.95. The molecule has 13 heavy (non-hydrogen) atoms. The number of hydrogen-bond acceptors (Lipinski definition) is 2. The Labute approximate surface area is 82.7 Å². The van der Waals surface area contributed by atoms with Crippen molar-refractivity contribution >= 4 is 0 Å². The quantitative estimate of drug-likeness (QED) is 0.701. The van der Waals surface area contributed by atoms with Gasteiger partial charge in [-0.15, -0.1) is 0 Å². The van der Waals surface area contributed by atoms with Crippen molar-refractivity contribution in [2.45, 2.75) is 57.7 Å². The van der Waals surface area contributed by atoms with Crippen molar-refractivity contribution in [1.82, 2.24) is 10.2 Å². The van der Waals surface area contributed by atoms with Gasteiger partial charge in [0, 0.05) is 18.1 Å². The molecular weight excluding hydrogens is 160 g/mol. The number of nitrogens with zero attached hydrogens (tertiary/aromatic N) is 1. The normalized spacial score (nSPS) is 22.8. The van der Waals surface area contributed by atoms with Crippen molar-refractivity contribution in [3.05, 3.63) is 0 Å². The maximum absolute atomic E-state index is 3.30. The average molecular weight is 184 g/mol. The first-order valence-electron chi connectivity index (χ1n) is 5.54. The van der Waals surface area contributed by atoms with Crippen LogP contribution < -0.4 is 5.32 Å². The zero-order chi connectivity index (χ0) is 9.84. The predicted molar refractivity (Wildman–Crippen MR) is 58.0 cm³/mol. The van der Waals surface area contributed by atoms with E-state index in [1.54, 1.807) is 0 Å². The lowest BCUT2D eigenvalue weighted by molar-refractivity contribution is 0.109. The fourth-order valence-corrected chi connectivity index (χ4v) is 1.95. The van der Waals surface area contributed by atoms with Crippen LogP contribution in [0.15, 0.2) is 0 Å². The highest BCUT2D eigenvalue weighted by molar-refractivity contribution is 4.82. The molecule has 0 aromatic rings. The number of hydrogen-bond donors (Lipinski definition) is 1. The predicted octanol–water partition coefficient (Wildman–Crippen LogP) is 1.86. The third kappa shape index (κ3) is 2.96. The minimum Gasteiger partial charge on any atom is -0.317 e. The topological polar surface area (TPSA) is 15.3 Å². The average Bonchev–Trinajstić information content (AvgIpc) is 2.00. The minimum atomic E-state index is 0.637. The van der Waals surface area contributed by atoms with E-state index in [-0.39, 0.29) is 0 Å². The molecule has 78 valence electrons. The fraction of sp³-hybridized carbons (Fsp3) is 1.00. The van der Waals surface area contributed by atoms with Crippen molar-refractivity contribution in [2.75, 3.05) is 14.1 Å². The summed E-state index contributed by atoms with van der Waals surface area (Å²) in [5, 5.41) is 3.30. The summed E-state index contributed by atoms with van der Waals surface area (Å²) >= 11 is 0. The molecule has 1 aliphatic rings. The second kappa shape index (κ2) is 4.97. The molecule has 0 heterocycles. The summed E-state index contributed by atoms with van der Waals surface area (Å²) in [6.07, 6.45) is 5.51. The van der Waals surface area contributed by atoms with Crippen LogP contribution in [0.25, 0.3) is 0 Å². The Hall–Kier alpha value is -0.0800. The number of rotatable bonds is 5. The van der Waals surface area contributed by atoms with Crippen LogP contribution >= 0.6 is 0 Å². The van der Waals surface area contributed by atoms with Crippen LogP contribution in [0, 0.1) is 0 Å². The molecule has 0 amide bonds. The molecule has 1 aliphatic carbocycles. The van der Waals surface area contributed by atoms with E-state index in [0.717, 1.165) is 6.04 Å². The van der Waals surface area contributed by atoms with Gasteiger partial charge in [-0.25, -0.2) is 0 Å². The molecular formula is C11H24N2. The van der Waals surface area contributed by atoms with E-state index >= 15 is 0 Å². The van der Waals surface area contributed by atoms with E-state index in [0.29, 0.717) is 12.1 Å². The van der Waals surface area contributed by atoms with Crippen LogP contribution in [0.4, 0.5) is 0 Å². The Kier molecular flexibility index (Phi) is 4.20. The summed E-state index contributed by atoms with van der Waals surface area (Å²) in [7, 11) is 4.32. The Morgan fingerprint density at radius 3 is 2.38 bits per heavy atom. The van der Waals surface area contributed by atoms with E-state index in [9.17, 15) is 0 Å². The van der Waals surface area contributed by atoms with E-state index in [1.165, 1.54) is 25.7 Å². The highest BCUT2D eigenvalue weighted by atomic mass is 15.2. The molecule has 0 radical (unpaired) electrons. The molecule has 1 N–H and O–H groups in total. The largest absolute Gasteiger partial charge is 0.317 e. The van der Waals surface area contributed by atoms with Gasteiger partial charge in [0.1, 0.15) is 0 Å². The number of nitrogens with one attached hydrogen (secondary N) is 1. The summed E-state index contributed by atoms with van der Waals surface area (Å²) in [5.74, 6) is 0. The molecule has 0 aliphatic heterocycles. The van der Waals surface area contributed by atoms with Crippen LogP contribution in [0.1, 0.15) is 39.5 Å². The highest BCUT2D eigenvalue weighted by Gasteiger charge is 2.25. The standard InChI is InChI=1S/C11H24N2/c1-9(12-3)8-10(2)13(4)11-6-5-7-11/h9-12H,5-8H2,1-4H3. The van der Waals surface area contributed by atoms with Crippen molar-refractivity contribution in [1.29, 1.82) is 0 Å². The van der Waals surface area contributed by atoms with E-state index in [2.05, 4.69) is 31.1 Å². The first-order chi connectivity index (χ1) is 6.15. The molecule has 1 fully saturated rings. The maximum Gasteiger partial charge on any atom is 0.00950 e. The highest BCUT2D eigenvalue weighted by Crippen LogP contribution is 2.25. The minimum absolute atomic E-state index is 0.637. The van der Waals surface area contributed by atoms with E-state index in [4.69, 9.17) is 0 Å². The maximum atomic E-state index is 3.30. The Morgan fingerprint density at radius 2 is 2.00 bits per heavy atom. The molecule has 0 aromatic carbocycles. The molecule has 0 spiro atoms. The van der Waals surface area contributed by atoms with Gasteiger partial charge in [0.15, 0.2) is 0 Å². The summed E-state index contributed by atoms with van der Waals surface area (Å²) in [6.45, 7) is 4.59. The summed E-state index contributed by atoms with van der Waals surface area (Å²) < 4.78 is 0. The summed E-state index contributed by atoms with van der Waals surface area (Å²) in [4.78, 5) is 2.55. The summed E-state index contributed by atoms with van der Waals surface area (Å²) in [6, 6.07) is 2.23. The lowest BCUT2D eigenvalue weighted by atomic mass is 9.90. The van der Waals surface area contributed by atoms with Crippen LogP contribution in [0.2, 0.25) is 0 Å². The van der Waals surface area contributed by atoms with Gasteiger partial charge >= 0.3 is 0 Å². The molecule has 2 nitrogen and oxygen atoms in total.